The van der Waals surface area contributed by atoms with Crippen LogP contribution >= 0.6 is 0 Å². The normalized spacial score (nSPS) is 20.2. The number of morpholine rings is 1. The second kappa shape index (κ2) is 11.1. The highest BCUT2D eigenvalue weighted by atomic mass is 16.5. The predicted molar refractivity (Wildman–Crippen MR) is 117 cm³/mol. The molecule has 160 valence electrons. The molecular formula is C22H34N4O3. The van der Waals surface area contributed by atoms with Crippen LogP contribution in [0.15, 0.2) is 35.8 Å². The molecule has 1 atom stereocenters. The van der Waals surface area contributed by atoms with Crippen molar-refractivity contribution in [3.05, 3.63) is 30.9 Å². The second-order valence-electron chi connectivity index (χ2n) is 7.84. The van der Waals surface area contributed by atoms with E-state index in [0.29, 0.717) is 38.2 Å². The number of aliphatic imine (C=N–C) groups is 1. The minimum atomic E-state index is 0.105. The van der Waals surface area contributed by atoms with Gasteiger partial charge >= 0.3 is 0 Å². The Bertz CT molecular complexity index is 693. The fourth-order valence-corrected chi connectivity index (χ4v) is 3.45. The zero-order valence-corrected chi connectivity index (χ0v) is 17.7. The Kier molecular flexibility index (Phi) is 8.19. The van der Waals surface area contributed by atoms with Gasteiger partial charge in [-0.1, -0.05) is 19.9 Å². The Morgan fingerprint density at radius 3 is 2.90 bits per heavy atom. The van der Waals surface area contributed by atoms with Gasteiger partial charge in [-0.3, -0.25) is 9.89 Å². The topological polar surface area (TPSA) is 67.4 Å². The van der Waals surface area contributed by atoms with Crippen molar-refractivity contribution < 1.29 is 14.2 Å². The summed E-state index contributed by atoms with van der Waals surface area (Å²) in [6, 6.07) is 5.86. The number of hydrogen-bond donors (Lipinski definition) is 2. The van der Waals surface area contributed by atoms with Crippen LogP contribution in [-0.2, 0) is 4.74 Å². The molecule has 2 aliphatic rings. The molecule has 2 N–H and O–H groups in total. The molecule has 1 fully saturated rings. The molecule has 0 bridgehead atoms. The number of nitrogens with zero attached hydrogens (tertiary/aromatic N) is 2. The smallest absolute Gasteiger partial charge is 0.196 e. The fourth-order valence-electron chi connectivity index (χ4n) is 3.45. The number of fused-ring (bicyclic) bond motifs is 1. The van der Waals surface area contributed by atoms with Gasteiger partial charge in [-0.15, -0.1) is 6.58 Å². The van der Waals surface area contributed by atoms with Gasteiger partial charge in [0, 0.05) is 44.4 Å². The van der Waals surface area contributed by atoms with Crippen molar-refractivity contribution in [2.24, 2.45) is 10.9 Å². The van der Waals surface area contributed by atoms with E-state index in [1.165, 1.54) is 0 Å². The van der Waals surface area contributed by atoms with Gasteiger partial charge in [0.15, 0.2) is 17.5 Å². The maximum absolute atomic E-state index is 5.92. The summed E-state index contributed by atoms with van der Waals surface area (Å²) >= 11 is 0. The highest BCUT2D eigenvalue weighted by Crippen LogP contribution is 2.32. The molecule has 0 spiro atoms. The molecule has 1 aromatic rings. The molecule has 1 aromatic carbocycles. The van der Waals surface area contributed by atoms with E-state index >= 15 is 0 Å². The first-order chi connectivity index (χ1) is 14.1. The molecule has 29 heavy (non-hydrogen) atoms. The van der Waals surface area contributed by atoms with Gasteiger partial charge in [0.2, 0.25) is 0 Å². The number of rotatable bonds is 7. The van der Waals surface area contributed by atoms with E-state index in [1.54, 1.807) is 0 Å². The van der Waals surface area contributed by atoms with Gasteiger partial charge in [0.1, 0.15) is 0 Å². The van der Waals surface area contributed by atoms with Crippen LogP contribution in [-0.4, -0.2) is 69.5 Å². The van der Waals surface area contributed by atoms with E-state index in [4.69, 9.17) is 19.2 Å². The zero-order valence-electron chi connectivity index (χ0n) is 17.7. The molecule has 0 aromatic heterocycles. The van der Waals surface area contributed by atoms with Crippen molar-refractivity contribution in [3.8, 4) is 11.5 Å². The summed E-state index contributed by atoms with van der Waals surface area (Å²) in [5.74, 6) is 2.90. The summed E-state index contributed by atoms with van der Waals surface area (Å²) < 4.78 is 17.4. The standard InChI is InChI=1S/C22H34N4O3/c1-4-8-23-22(24-14-19-16-26(9-12-27-19)15-17(2)3)25-18-6-7-20-21(13-18)29-11-5-10-28-20/h4,6-7,13,17,19H,1,5,8-12,14-16H2,2-3H3,(H2,23,24,25). The predicted octanol–water partition coefficient (Wildman–Crippen LogP) is 2.75. The molecule has 7 heteroatoms. The third-order valence-electron chi connectivity index (χ3n) is 4.72. The Balaban J connectivity index is 1.63. The van der Waals surface area contributed by atoms with E-state index in [1.807, 2.05) is 24.3 Å². The van der Waals surface area contributed by atoms with Crippen LogP contribution < -0.4 is 20.1 Å². The maximum atomic E-state index is 5.92. The summed E-state index contributed by atoms with van der Waals surface area (Å²) in [5.41, 5.74) is 0.899. The van der Waals surface area contributed by atoms with Gasteiger partial charge < -0.3 is 24.8 Å². The minimum absolute atomic E-state index is 0.105. The number of benzene rings is 1. The van der Waals surface area contributed by atoms with Crippen LogP contribution in [0, 0.1) is 5.92 Å². The van der Waals surface area contributed by atoms with Gasteiger partial charge in [0.05, 0.1) is 32.5 Å². The van der Waals surface area contributed by atoms with E-state index in [0.717, 1.165) is 49.8 Å². The van der Waals surface area contributed by atoms with Crippen LogP contribution in [0.1, 0.15) is 20.3 Å². The van der Waals surface area contributed by atoms with Gasteiger partial charge in [-0.25, -0.2) is 0 Å². The quantitative estimate of drug-likeness (QED) is 0.415. The molecule has 0 aliphatic carbocycles. The molecule has 0 radical (unpaired) electrons. The summed E-state index contributed by atoms with van der Waals surface area (Å²) in [5, 5.41) is 6.63. The molecule has 7 nitrogen and oxygen atoms in total. The van der Waals surface area contributed by atoms with Gasteiger partial charge in [-0.2, -0.15) is 0 Å². The molecule has 3 rings (SSSR count). The third-order valence-corrected chi connectivity index (χ3v) is 4.72. The SMILES string of the molecule is C=CCNC(=NCC1CN(CC(C)C)CCO1)Nc1ccc2c(c1)OCCCO2. The van der Waals surface area contributed by atoms with E-state index in [2.05, 4.69) is 36.0 Å². The van der Waals surface area contributed by atoms with Crippen molar-refractivity contribution in [3.63, 3.8) is 0 Å². The van der Waals surface area contributed by atoms with Crippen LogP contribution in [0.4, 0.5) is 5.69 Å². The molecular weight excluding hydrogens is 368 g/mol. The average molecular weight is 403 g/mol. The van der Waals surface area contributed by atoms with Crippen molar-refractivity contribution in [1.82, 2.24) is 10.2 Å². The summed E-state index contributed by atoms with van der Waals surface area (Å²) in [4.78, 5) is 7.21. The summed E-state index contributed by atoms with van der Waals surface area (Å²) in [6.45, 7) is 14.6. The summed E-state index contributed by atoms with van der Waals surface area (Å²) in [7, 11) is 0. The number of ether oxygens (including phenoxy) is 3. The van der Waals surface area contributed by atoms with E-state index in [-0.39, 0.29) is 6.10 Å². The van der Waals surface area contributed by atoms with Crippen LogP contribution in [0.5, 0.6) is 11.5 Å². The highest BCUT2D eigenvalue weighted by Gasteiger charge is 2.21. The number of anilines is 1. The lowest BCUT2D eigenvalue weighted by molar-refractivity contribution is -0.0261. The Morgan fingerprint density at radius 2 is 2.10 bits per heavy atom. The third kappa shape index (κ3) is 6.94. The second-order valence-corrected chi connectivity index (χ2v) is 7.84. The first-order valence-electron chi connectivity index (χ1n) is 10.5. The van der Waals surface area contributed by atoms with Gasteiger partial charge in [0.25, 0.3) is 0 Å². The Labute approximate surface area is 174 Å². The molecule has 2 aliphatic heterocycles. The molecule has 0 saturated carbocycles. The number of hydrogen-bond acceptors (Lipinski definition) is 5. The monoisotopic (exact) mass is 402 g/mol. The average Bonchev–Trinajstić information content (AvgIpc) is 2.95. The molecule has 2 heterocycles. The largest absolute Gasteiger partial charge is 0.490 e. The maximum Gasteiger partial charge on any atom is 0.196 e. The highest BCUT2D eigenvalue weighted by molar-refractivity contribution is 5.94. The van der Waals surface area contributed by atoms with Crippen LogP contribution in [0.2, 0.25) is 0 Å². The van der Waals surface area contributed by atoms with E-state index < -0.39 is 0 Å². The minimum Gasteiger partial charge on any atom is -0.490 e. The van der Waals surface area contributed by atoms with Gasteiger partial charge in [-0.05, 0) is 18.1 Å². The fraction of sp³-hybridized carbons (Fsp3) is 0.591. The lowest BCUT2D eigenvalue weighted by Gasteiger charge is -2.33. The van der Waals surface area contributed by atoms with E-state index in [9.17, 15) is 0 Å². The molecule has 1 saturated heterocycles. The first kappa shape index (κ1) is 21.5. The number of guanidine groups is 1. The molecule has 1 unspecified atom stereocenters. The van der Waals surface area contributed by atoms with Crippen molar-refractivity contribution in [2.75, 3.05) is 57.9 Å². The van der Waals surface area contributed by atoms with Crippen molar-refractivity contribution in [1.29, 1.82) is 0 Å². The Morgan fingerprint density at radius 1 is 1.28 bits per heavy atom. The first-order valence-corrected chi connectivity index (χ1v) is 10.5. The van der Waals surface area contributed by atoms with Crippen molar-refractivity contribution in [2.45, 2.75) is 26.4 Å². The Hall–Kier alpha value is -2.25. The number of nitrogens with one attached hydrogen (secondary N) is 2. The van der Waals surface area contributed by atoms with Crippen molar-refractivity contribution >= 4 is 11.6 Å². The molecule has 0 amide bonds. The lowest BCUT2D eigenvalue weighted by atomic mass is 10.2. The zero-order chi connectivity index (χ0) is 20.5. The summed E-state index contributed by atoms with van der Waals surface area (Å²) in [6.07, 6.45) is 2.81. The lowest BCUT2D eigenvalue weighted by Crippen LogP contribution is -2.45. The van der Waals surface area contributed by atoms with Crippen LogP contribution in [0.3, 0.4) is 0 Å². The van der Waals surface area contributed by atoms with Crippen LogP contribution in [0.25, 0.3) is 0 Å².